The van der Waals surface area contributed by atoms with Crippen LogP contribution in [0.5, 0.6) is 5.75 Å². The first-order chi connectivity index (χ1) is 11.8. The van der Waals surface area contributed by atoms with E-state index in [0.717, 1.165) is 18.8 Å². The van der Waals surface area contributed by atoms with Gasteiger partial charge in [0.05, 0.1) is 12.8 Å². The average Bonchev–Trinajstić information content (AvgIpc) is 3.27. The normalized spacial score (nSPS) is 19.7. The maximum Gasteiger partial charge on any atom is 0.119 e. The predicted octanol–water partition coefficient (Wildman–Crippen LogP) is 4.10. The van der Waals surface area contributed by atoms with Gasteiger partial charge in [0.2, 0.25) is 0 Å². The van der Waals surface area contributed by atoms with Gasteiger partial charge in [0.15, 0.2) is 0 Å². The maximum atomic E-state index is 5.51. The van der Waals surface area contributed by atoms with Crippen LogP contribution in [0.1, 0.15) is 23.5 Å². The van der Waals surface area contributed by atoms with Gasteiger partial charge in [-0.25, -0.2) is 0 Å². The van der Waals surface area contributed by atoms with Crippen molar-refractivity contribution in [3.8, 4) is 17.0 Å². The van der Waals surface area contributed by atoms with Gasteiger partial charge in [-0.1, -0.05) is 24.3 Å². The quantitative estimate of drug-likeness (QED) is 0.554. The van der Waals surface area contributed by atoms with Crippen molar-refractivity contribution >= 4 is 10.9 Å². The Morgan fingerprint density at radius 1 is 1.12 bits per heavy atom. The lowest BCUT2D eigenvalue weighted by molar-refractivity contribution is 0.411. The summed E-state index contributed by atoms with van der Waals surface area (Å²) >= 11 is 0. The van der Waals surface area contributed by atoms with Crippen LogP contribution in [0.4, 0.5) is 0 Å². The average molecular weight is 318 g/mol. The van der Waals surface area contributed by atoms with E-state index in [4.69, 9.17) is 4.74 Å². The van der Waals surface area contributed by atoms with Crippen molar-refractivity contribution in [2.24, 2.45) is 0 Å². The SMILES string of the molecule is COc1ccc2c(c1)c([C@H]1CCN(C)C1)c1n2Cc2ccccc2-1. The molecule has 0 N–H and O–H groups in total. The second-order valence-electron chi connectivity index (χ2n) is 7.14. The number of likely N-dealkylation sites (tertiary alicyclic amines) is 1. The second-order valence-corrected chi connectivity index (χ2v) is 7.14. The largest absolute Gasteiger partial charge is 0.497 e. The first-order valence-corrected chi connectivity index (χ1v) is 8.73. The molecule has 0 spiro atoms. The zero-order chi connectivity index (χ0) is 16.3. The van der Waals surface area contributed by atoms with Crippen LogP contribution in [0.2, 0.25) is 0 Å². The van der Waals surface area contributed by atoms with Crippen molar-refractivity contribution in [2.75, 3.05) is 27.2 Å². The number of hydrogen-bond donors (Lipinski definition) is 0. The first-order valence-electron chi connectivity index (χ1n) is 8.73. The molecule has 24 heavy (non-hydrogen) atoms. The molecule has 3 aromatic rings. The molecular weight excluding hydrogens is 296 g/mol. The third kappa shape index (κ3) is 1.88. The van der Waals surface area contributed by atoms with E-state index < -0.39 is 0 Å². The fraction of sp³-hybridized carbons (Fsp3) is 0.333. The molecule has 5 rings (SSSR count). The Hall–Kier alpha value is -2.26. The van der Waals surface area contributed by atoms with E-state index in [1.807, 2.05) is 0 Å². The van der Waals surface area contributed by atoms with Crippen molar-refractivity contribution in [1.82, 2.24) is 9.47 Å². The van der Waals surface area contributed by atoms with Gasteiger partial charge in [-0.3, -0.25) is 0 Å². The van der Waals surface area contributed by atoms with Crippen molar-refractivity contribution in [3.63, 3.8) is 0 Å². The van der Waals surface area contributed by atoms with Crippen LogP contribution in [0.15, 0.2) is 42.5 Å². The molecule has 1 saturated heterocycles. The summed E-state index contributed by atoms with van der Waals surface area (Å²) in [6.07, 6.45) is 1.24. The molecule has 0 unspecified atom stereocenters. The first kappa shape index (κ1) is 14.1. The summed E-state index contributed by atoms with van der Waals surface area (Å²) in [5, 5.41) is 1.37. The monoisotopic (exact) mass is 318 g/mol. The summed E-state index contributed by atoms with van der Waals surface area (Å²) in [6, 6.07) is 15.4. The summed E-state index contributed by atoms with van der Waals surface area (Å²) in [5.74, 6) is 1.56. The van der Waals surface area contributed by atoms with E-state index in [1.165, 1.54) is 46.3 Å². The number of fused-ring (bicyclic) bond motifs is 5. The molecule has 1 atom stereocenters. The Bertz CT molecular complexity index is 940. The highest BCUT2D eigenvalue weighted by Crippen LogP contribution is 2.46. The molecule has 122 valence electrons. The fourth-order valence-electron chi connectivity index (χ4n) is 4.58. The van der Waals surface area contributed by atoms with Crippen LogP contribution in [-0.4, -0.2) is 36.7 Å². The minimum atomic E-state index is 0.604. The lowest BCUT2D eigenvalue weighted by Gasteiger charge is -2.13. The van der Waals surface area contributed by atoms with Gasteiger partial charge in [0, 0.05) is 35.5 Å². The smallest absolute Gasteiger partial charge is 0.119 e. The number of benzene rings is 2. The van der Waals surface area contributed by atoms with E-state index in [1.54, 1.807) is 7.11 Å². The summed E-state index contributed by atoms with van der Waals surface area (Å²) in [7, 11) is 3.98. The molecule has 0 radical (unpaired) electrons. The maximum absolute atomic E-state index is 5.51. The number of likely N-dealkylation sites (N-methyl/N-ethyl adjacent to an activating group) is 1. The third-order valence-corrected chi connectivity index (χ3v) is 5.71. The topological polar surface area (TPSA) is 17.4 Å². The molecule has 0 amide bonds. The lowest BCUT2D eigenvalue weighted by Crippen LogP contribution is -2.13. The van der Waals surface area contributed by atoms with Gasteiger partial charge >= 0.3 is 0 Å². The Morgan fingerprint density at radius 2 is 2.00 bits per heavy atom. The van der Waals surface area contributed by atoms with Gasteiger partial charge in [-0.05, 0) is 49.3 Å². The highest BCUT2D eigenvalue weighted by molar-refractivity contribution is 5.95. The molecule has 3 heterocycles. The zero-order valence-corrected chi connectivity index (χ0v) is 14.2. The lowest BCUT2D eigenvalue weighted by atomic mass is 9.92. The standard InChI is InChI=1S/C21H22N2O/c1-22-10-9-15(12-22)20-18-11-16(24-2)7-8-19(18)23-13-14-5-3-4-6-17(14)21(20)23/h3-8,11,15H,9-10,12-13H2,1-2H3/t15-/m0/s1. The van der Waals surface area contributed by atoms with Crippen molar-refractivity contribution < 1.29 is 4.74 Å². The Balaban J connectivity index is 1.82. The zero-order valence-electron chi connectivity index (χ0n) is 14.2. The fourth-order valence-corrected chi connectivity index (χ4v) is 4.58. The number of methoxy groups -OCH3 is 1. The van der Waals surface area contributed by atoms with E-state index >= 15 is 0 Å². The van der Waals surface area contributed by atoms with Crippen LogP contribution < -0.4 is 4.74 Å². The number of hydrogen-bond acceptors (Lipinski definition) is 2. The van der Waals surface area contributed by atoms with Crippen molar-refractivity contribution in [3.05, 3.63) is 53.6 Å². The van der Waals surface area contributed by atoms with Crippen molar-refractivity contribution in [1.29, 1.82) is 0 Å². The van der Waals surface area contributed by atoms with Gasteiger partial charge in [0.25, 0.3) is 0 Å². The Labute approximate surface area is 142 Å². The van der Waals surface area contributed by atoms with Crippen LogP contribution in [0, 0.1) is 0 Å². The number of rotatable bonds is 2. The van der Waals surface area contributed by atoms with Crippen molar-refractivity contribution in [2.45, 2.75) is 18.9 Å². The summed E-state index contributed by atoms with van der Waals surface area (Å²) < 4.78 is 8.02. The van der Waals surface area contributed by atoms with Gasteiger partial charge in [-0.2, -0.15) is 0 Å². The summed E-state index contributed by atoms with van der Waals surface area (Å²) in [6.45, 7) is 3.31. The third-order valence-electron chi connectivity index (χ3n) is 5.71. The molecule has 2 aliphatic rings. The van der Waals surface area contributed by atoms with Gasteiger partial charge in [0.1, 0.15) is 5.75 Å². The number of nitrogens with zero attached hydrogens (tertiary/aromatic N) is 2. The molecular formula is C21H22N2O. The molecule has 1 aromatic heterocycles. The van der Waals surface area contributed by atoms with E-state index in [-0.39, 0.29) is 0 Å². The van der Waals surface area contributed by atoms with E-state index in [0.29, 0.717) is 5.92 Å². The molecule has 1 fully saturated rings. The van der Waals surface area contributed by atoms with Crippen LogP contribution in [0.3, 0.4) is 0 Å². The molecule has 3 heteroatoms. The molecule has 0 bridgehead atoms. The Morgan fingerprint density at radius 3 is 2.79 bits per heavy atom. The molecule has 2 aromatic carbocycles. The highest BCUT2D eigenvalue weighted by atomic mass is 16.5. The highest BCUT2D eigenvalue weighted by Gasteiger charge is 2.32. The van der Waals surface area contributed by atoms with E-state index in [9.17, 15) is 0 Å². The predicted molar refractivity (Wildman–Crippen MR) is 97.9 cm³/mol. The molecule has 0 aliphatic carbocycles. The summed E-state index contributed by atoms with van der Waals surface area (Å²) in [4.78, 5) is 2.45. The van der Waals surface area contributed by atoms with E-state index in [2.05, 4.69) is 59.0 Å². The minimum Gasteiger partial charge on any atom is -0.497 e. The van der Waals surface area contributed by atoms with Crippen LogP contribution >= 0.6 is 0 Å². The Kier molecular flexibility index (Phi) is 3.01. The minimum absolute atomic E-state index is 0.604. The molecule has 3 nitrogen and oxygen atoms in total. The van der Waals surface area contributed by atoms with Gasteiger partial charge in [-0.15, -0.1) is 0 Å². The number of ether oxygens (including phenoxy) is 1. The molecule has 2 aliphatic heterocycles. The summed E-state index contributed by atoms with van der Waals surface area (Å²) in [5.41, 5.74) is 7.16. The molecule has 0 saturated carbocycles. The van der Waals surface area contributed by atoms with Gasteiger partial charge < -0.3 is 14.2 Å². The van der Waals surface area contributed by atoms with Crippen LogP contribution in [-0.2, 0) is 6.54 Å². The number of aromatic nitrogens is 1. The second kappa shape index (κ2) is 5.12. The van der Waals surface area contributed by atoms with Crippen LogP contribution in [0.25, 0.3) is 22.2 Å².